The number of hydrogen-bond donors (Lipinski definition) is 1. The maximum atomic E-state index is 5.57. The van der Waals surface area contributed by atoms with Crippen molar-refractivity contribution in [2.45, 2.75) is 20.0 Å². The van der Waals surface area contributed by atoms with E-state index in [-0.39, 0.29) is 0 Å². The van der Waals surface area contributed by atoms with E-state index in [4.69, 9.17) is 4.42 Å². The number of anilines is 1. The highest BCUT2D eigenvalue weighted by Gasteiger charge is 2.07. The number of hydrogen-bond acceptors (Lipinski definition) is 3. The van der Waals surface area contributed by atoms with E-state index >= 15 is 0 Å². The maximum Gasteiger partial charge on any atom is 0.123 e. The Bertz CT molecular complexity index is 505. The number of para-hydroxylation sites is 1. The van der Waals surface area contributed by atoms with Crippen molar-refractivity contribution in [2.75, 3.05) is 19.0 Å². The van der Waals surface area contributed by atoms with Gasteiger partial charge in [-0.05, 0) is 31.7 Å². The van der Waals surface area contributed by atoms with E-state index in [1.807, 2.05) is 13.3 Å². The van der Waals surface area contributed by atoms with Crippen molar-refractivity contribution in [1.29, 1.82) is 0 Å². The summed E-state index contributed by atoms with van der Waals surface area (Å²) in [5, 5.41) is 3.12. The standard InChI is InChI=1S/C15H20N2O/c1-12-6-4-5-7-15(12)17(3)10-14-8-13(9-16-2)11-18-14/h4-8,11,16H,9-10H2,1-3H3. The Kier molecular flexibility index (Phi) is 4.05. The van der Waals surface area contributed by atoms with Crippen molar-refractivity contribution in [2.24, 2.45) is 0 Å². The van der Waals surface area contributed by atoms with Crippen molar-refractivity contribution in [1.82, 2.24) is 5.32 Å². The van der Waals surface area contributed by atoms with Crippen LogP contribution in [0.1, 0.15) is 16.9 Å². The molecule has 0 fully saturated rings. The van der Waals surface area contributed by atoms with E-state index in [1.54, 1.807) is 0 Å². The summed E-state index contributed by atoms with van der Waals surface area (Å²) in [4.78, 5) is 2.21. The molecule has 0 saturated carbocycles. The Morgan fingerprint density at radius 1 is 1.28 bits per heavy atom. The topological polar surface area (TPSA) is 28.4 Å². The SMILES string of the molecule is CNCc1coc(CN(C)c2ccccc2C)c1. The Labute approximate surface area is 108 Å². The molecule has 1 aromatic heterocycles. The third kappa shape index (κ3) is 2.93. The molecular weight excluding hydrogens is 224 g/mol. The van der Waals surface area contributed by atoms with Gasteiger partial charge in [-0.1, -0.05) is 18.2 Å². The van der Waals surface area contributed by atoms with E-state index in [9.17, 15) is 0 Å². The highest BCUT2D eigenvalue weighted by atomic mass is 16.3. The molecule has 0 saturated heterocycles. The summed E-state index contributed by atoms with van der Waals surface area (Å²) < 4.78 is 5.57. The number of aryl methyl sites for hydroxylation is 1. The molecule has 1 N–H and O–H groups in total. The van der Waals surface area contributed by atoms with Crippen LogP contribution in [0.15, 0.2) is 41.0 Å². The van der Waals surface area contributed by atoms with Crippen molar-refractivity contribution in [3.05, 3.63) is 53.5 Å². The van der Waals surface area contributed by atoms with Crippen molar-refractivity contribution in [3.8, 4) is 0 Å². The van der Waals surface area contributed by atoms with Crippen LogP contribution < -0.4 is 10.2 Å². The summed E-state index contributed by atoms with van der Waals surface area (Å²) in [6.45, 7) is 3.76. The molecule has 0 radical (unpaired) electrons. The summed E-state index contributed by atoms with van der Waals surface area (Å²) in [7, 11) is 4.02. The second kappa shape index (κ2) is 5.74. The van der Waals surface area contributed by atoms with Gasteiger partial charge < -0.3 is 14.6 Å². The van der Waals surface area contributed by atoms with E-state index < -0.39 is 0 Å². The molecule has 18 heavy (non-hydrogen) atoms. The van der Waals surface area contributed by atoms with Gasteiger partial charge in [0.05, 0.1) is 12.8 Å². The Morgan fingerprint density at radius 3 is 2.78 bits per heavy atom. The van der Waals surface area contributed by atoms with Crippen molar-refractivity contribution < 1.29 is 4.42 Å². The number of benzene rings is 1. The Balaban J connectivity index is 2.06. The normalized spacial score (nSPS) is 10.6. The Hall–Kier alpha value is -1.74. The Morgan fingerprint density at radius 2 is 2.06 bits per heavy atom. The fraction of sp³-hybridized carbons (Fsp3) is 0.333. The second-order valence-corrected chi connectivity index (χ2v) is 4.59. The quantitative estimate of drug-likeness (QED) is 0.876. The molecule has 1 heterocycles. The van der Waals surface area contributed by atoms with Crippen LogP contribution in [0.4, 0.5) is 5.69 Å². The molecule has 3 heteroatoms. The third-order valence-corrected chi connectivity index (χ3v) is 3.01. The van der Waals surface area contributed by atoms with Gasteiger partial charge in [0, 0.05) is 24.8 Å². The minimum absolute atomic E-state index is 0.786. The predicted octanol–water partition coefficient (Wildman–Crippen LogP) is 2.94. The van der Waals surface area contributed by atoms with Crippen LogP contribution in [0, 0.1) is 6.92 Å². The highest BCUT2D eigenvalue weighted by molar-refractivity contribution is 5.52. The van der Waals surface area contributed by atoms with Crippen molar-refractivity contribution >= 4 is 5.69 Å². The third-order valence-electron chi connectivity index (χ3n) is 3.01. The summed E-state index contributed by atoms with van der Waals surface area (Å²) in [6.07, 6.45) is 1.82. The van der Waals surface area contributed by atoms with Gasteiger partial charge in [0.1, 0.15) is 5.76 Å². The molecule has 2 rings (SSSR count). The van der Waals surface area contributed by atoms with Crippen LogP contribution in [-0.2, 0) is 13.1 Å². The average molecular weight is 244 g/mol. The lowest BCUT2D eigenvalue weighted by Crippen LogP contribution is -2.16. The van der Waals surface area contributed by atoms with E-state index in [1.165, 1.54) is 16.8 Å². The molecule has 0 aliphatic carbocycles. The number of nitrogens with zero attached hydrogens (tertiary/aromatic N) is 1. The molecule has 2 aromatic rings. The lowest BCUT2D eigenvalue weighted by molar-refractivity contribution is 0.505. The number of furan rings is 1. The summed E-state index contributed by atoms with van der Waals surface area (Å²) in [5.74, 6) is 0.992. The van der Waals surface area contributed by atoms with Gasteiger partial charge in [-0.3, -0.25) is 0 Å². The summed E-state index contributed by atoms with van der Waals surface area (Å²) >= 11 is 0. The van der Waals surface area contributed by atoms with Crippen LogP contribution in [0.5, 0.6) is 0 Å². The van der Waals surface area contributed by atoms with E-state index in [0.29, 0.717) is 0 Å². The summed E-state index contributed by atoms with van der Waals surface area (Å²) in [5.41, 5.74) is 3.71. The largest absolute Gasteiger partial charge is 0.467 e. The molecule has 0 bridgehead atoms. The smallest absolute Gasteiger partial charge is 0.123 e. The summed E-state index contributed by atoms with van der Waals surface area (Å²) in [6, 6.07) is 10.5. The minimum atomic E-state index is 0.786. The molecule has 0 spiro atoms. The van der Waals surface area contributed by atoms with Gasteiger partial charge >= 0.3 is 0 Å². The van der Waals surface area contributed by atoms with Crippen LogP contribution >= 0.6 is 0 Å². The van der Waals surface area contributed by atoms with Crippen molar-refractivity contribution in [3.63, 3.8) is 0 Å². The molecule has 3 nitrogen and oxygen atoms in total. The van der Waals surface area contributed by atoms with Gasteiger partial charge in [-0.15, -0.1) is 0 Å². The van der Waals surface area contributed by atoms with Crippen LogP contribution in [0.25, 0.3) is 0 Å². The lowest BCUT2D eigenvalue weighted by atomic mass is 10.2. The van der Waals surface area contributed by atoms with E-state index in [0.717, 1.165) is 18.8 Å². The number of nitrogens with one attached hydrogen (secondary N) is 1. The van der Waals surface area contributed by atoms with Crippen LogP contribution in [0.3, 0.4) is 0 Å². The fourth-order valence-corrected chi connectivity index (χ4v) is 2.12. The van der Waals surface area contributed by atoms with Gasteiger partial charge in [0.25, 0.3) is 0 Å². The zero-order valence-corrected chi connectivity index (χ0v) is 11.2. The molecule has 96 valence electrons. The first kappa shape index (κ1) is 12.7. The molecule has 0 atom stereocenters. The molecule has 0 aliphatic rings. The number of rotatable bonds is 5. The molecule has 1 aromatic carbocycles. The lowest BCUT2D eigenvalue weighted by Gasteiger charge is -2.19. The van der Waals surface area contributed by atoms with Gasteiger partial charge in [-0.2, -0.15) is 0 Å². The molecule has 0 aliphatic heterocycles. The van der Waals surface area contributed by atoms with E-state index in [2.05, 4.69) is 54.5 Å². The van der Waals surface area contributed by atoms with Gasteiger partial charge in [0.2, 0.25) is 0 Å². The molecule has 0 unspecified atom stereocenters. The average Bonchev–Trinajstić information content (AvgIpc) is 2.77. The zero-order valence-electron chi connectivity index (χ0n) is 11.2. The van der Waals surface area contributed by atoms with Gasteiger partial charge in [-0.25, -0.2) is 0 Å². The first-order valence-corrected chi connectivity index (χ1v) is 6.18. The second-order valence-electron chi connectivity index (χ2n) is 4.59. The first-order chi connectivity index (χ1) is 8.70. The zero-order chi connectivity index (χ0) is 13.0. The molecule has 0 amide bonds. The highest BCUT2D eigenvalue weighted by Crippen LogP contribution is 2.20. The predicted molar refractivity (Wildman–Crippen MR) is 74.8 cm³/mol. The monoisotopic (exact) mass is 244 g/mol. The van der Waals surface area contributed by atoms with Crippen LogP contribution in [0.2, 0.25) is 0 Å². The fourth-order valence-electron chi connectivity index (χ4n) is 2.12. The van der Waals surface area contributed by atoms with Gasteiger partial charge in [0.15, 0.2) is 0 Å². The van der Waals surface area contributed by atoms with Crippen LogP contribution in [-0.4, -0.2) is 14.1 Å². The minimum Gasteiger partial charge on any atom is -0.467 e. The first-order valence-electron chi connectivity index (χ1n) is 6.18. The maximum absolute atomic E-state index is 5.57. The molecular formula is C15H20N2O.